The molecular weight excluding hydrogens is 222 g/mol. The lowest BCUT2D eigenvalue weighted by atomic mass is 10.2. The number of hydrogen-bond donors (Lipinski definition) is 0. The molecule has 0 saturated heterocycles. The van der Waals surface area contributed by atoms with Crippen LogP contribution in [0.2, 0.25) is 0 Å². The number of amides is 1. The Kier molecular flexibility index (Phi) is 3.85. The summed E-state index contributed by atoms with van der Waals surface area (Å²) in [6.07, 6.45) is 1.02. The van der Waals surface area contributed by atoms with Gasteiger partial charge in [-0.15, -0.1) is 11.8 Å². The normalized spacial score (nSPS) is 15.4. The Morgan fingerprint density at radius 3 is 3.12 bits per heavy atom. The van der Waals surface area contributed by atoms with Gasteiger partial charge in [0.25, 0.3) is 5.91 Å². The number of carbonyl (C=O) groups is 1. The third kappa shape index (κ3) is 2.39. The zero-order chi connectivity index (χ0) is 11.4. The fourth-order valence-corrected chi connectivity index (χ4v) is 2.78. The van der Waals surface area contributed by atoms with Gasteiger partial charge in [0.1, 0.15) is 6.61 Å². The maximum atomic E-state index is 11.9. The van der Waals surface area contributed by atoms with Crippen molar-refractivity contribution in [3.63, 3.8) is 0 Å². The standard InChI is InChI=1S/C12H15NO2S/c1-15-9-12(14)13-7-4-8-16-11-6-3-2-5-10(11)13/h2-3,5-6H,4,7-9H2,1H3. The van der Waals surface area contributed by atoms with E-state index >= 15 is 0 Å². The van der Waals surface area contributed by atoms with Gasteiger partial charge in [-0.2, -0.15) is 0 Å². The Labute approximate surface area is 99.8 Å². The van der Waals surface area contributed by atoms with Crippen LogP contribution in [0, 0.1) is 0 Å². The van der Waals surface area contributed by atoms with Gasteiger partial charge in [-0.1, -0.05) is 12.1 Å². The van der Waals surface area contributed by atoms with E-state index in [9.17, 15) is 4.79 Å². The van der Waals surface area contributed by atoms with Crippen molar-refractivity contribution < 1.29 is 9.53 Å². The van der Waals surface area contributed by atoms with Crippen LogP contribution < -0.4 is 4.90 Å². The number of fused-ring (bicyclic) bond motifs is 1. The van der Waals surface area contributed by atoms with Gasteiger partial charge < -0.3 is 9.64 Å². The Bertz CT molecular complexity index is 381. The molecule has 16 heavy (non-hydrogen) atoms. The summed E-state index contributed by atoms with van der Waals surface area (Å²) in [5.74, 6) is 1.10. The van der Waals surface area contributed by atoms with Gasteiger partial charge in [0.2, 0.25) is 0 Å². The maximum Gasteiger partial charge on any atom is 0.252 e. The Morgan fingerprint density at radius 2 is 2.31 bits per heavy atom. The number of benzene rings is 1. The molecule has 1 aliphatic heterocycles. The number of nitrogens with zero attached hydrogens (tertiary/aromatic N) is 1. The largest absolute Gasteiger partial charge is 0.375 e. The molecule has 3 nitrogen and oxygen atoms in total. The van der Waals surface area contributed by atoms with E-state index in [0.29, 0.717) is 0 Å². The van der Waals surface area contributed by atoms with Crippen LogP contribution in [0.1, 0.15) is 6.42 Å². The van der Waals surface area contributed by atoms with Crippen molar-refractivity contribution in [2.45, 2.75) is 11.3 Å². The van der Waals surface area contributed by atoms with E-state index in [4.69, 9.17) is 4.74 Å². The molecule has 1 aromatic rings. The van der Waals surface area contributed by atoms with Gasteiger partial charge in [0.05, 0.1) is 5.69 Å². The summed E-state index contributed by atoms with van der Waals surface area (Å²) in [5.41, 5.74) is 1.02. The second kappa shape index (κ2) is 5.37. The average Bonchev–Trinajstić information content (AvgIpc) is 2.51. The molecule has 86 valence electrons. The molecule has 1 amide bonds. The molecule has 0 aliphatic carbocycles. The smallest absolute Gasteiger partial charge is 0.252 e. The summed E-state index contributed by atoms with van der Waals surface area (Å²) in [6, 6.07) is 8.05. The van der Waals surface area contributed by atoms with Gasteiger partial charge in [0.15, 0.2) is 0 Å². The van der Waals surface area contributed by atoms with E-state index in [1.54, 1.807) is 7.11 Å². The number of methoxy groups -OCH3 is 1. The topological polar surface area (TPSA) is 29.5 Å². The van der Waals surface area contributed by atoms with Crippen LogP contribution in [0.25, 0.3) is 0 Å². The van der Waals surface area contributed by atoms with Crippen LogP contribution in [0.15, 0.2) is 29.2 Å². The van der Waals surface area contributed by atoms with Crippen molar-refractivity contribution in [3.8, 4) is 0 Å². The molecule has 0 radical (unpaired) electrons. The maximum absolute atomic E-state index is 11.9. The van der Waals surface area contributed by atoms with E-state index in [-0.39, 0.29) is 12.5 Å². The summed E-state index contributed by atoms with van der Waals surface area (Å²) in [5, 5.41) is 0. The van der Waals surface area contributed by atoms with Crippen molar-refractivity contribution in [3.05, 3.63) is 24.3 Å². The molecule has 1 aliphatic rings. The molecule has 0 atom stereocenters. The van der Waals surface area contributed by atoms with E-state index in [1.165, 1.54) is 4.90 Å². The highest BCUT2D eigenvalue weighted by Gasteiger charge is 2.20. The van der Waals surface area contributed by atoms with Crippen LogP contribution >= 0.6 is 11.8 Å². The molecule has 0 fully saturated rings. The summed E-state index contributed by atoms with van der Waals surface area (Å²) in [7, 11) is 1.55. The summed E-state index contributed by atoms with van der Waals surface area (Å²) >= 11 is 1.81. The quantitative estimate of drug-likeness (QED) is 0.789. The van der Waals surface area contributed by atoms with Crippen molar-refractivity contribution in [1.82, 2.24) is 0 Å². The van der Waals surface area contributed by atoms with Gasteiger partial charge in [-0.25, -0.2) is 0 Å². The van der Waals surface area contributed by atoms with Gasteiger partial charge in [-0.05, 0) is 24.3 Å². The number of thioether (sulfide) groups is 1. The number of anilines is 1. The Hall–Kier alpha value is -1.00. The highest BCUT2D eigenvalue weighted by molar-refractivity contribution is 7.99. The van der Waals surface area contributed by atoms with Crippen molar-refractivity contribution in [2.75, 3.05) is 30.9 Å². The lowest BCUT2D eigenvalue weighted by Crippen LogP contribution is -2.34. The molecule has 0 bridgehead atoms. The molecule has 0 unspecified atom stereocenters. The van der Waals surface area contributed by atoms with Crippen LogP contribution in [0.3, 0.4) is 0 Å². The van der Waals surface area contributed by atoms with E-state index in [0.717, 1.165) is 24.4 Å². The summed E-state index contributed by atoms with van der Waals surface area (Å²) in [6.45, 7) is 0.936. The van der Waals surface area contributed by atoms with Crippen molar-refractivity contribution in [1.29, 1.82) is 0 Å². The van der Waals surface area contributed by atoms with Gasteiger partial charge in [-0.3, -0.25) is 4.79 Å². The third-order valence-corrected chi connectivity index (χ3v) is 3.66. The van der Waals surface area contributed by atoms with Crippen LogP contribution in [0.4, 0.5) is 5.69 Å². The van der Waals surface area contributed by atoms with E-state index in [1.807, 2.05) is 34.9 Å². The lowest BCUT2D eigenvalue weighted by Gasteiger charge is -2.21. The Balaban J connectivity index is 2.28. The molecule has 0 N–H and O–H groups in total. The fourth-order valence-electron chi connectivity index (χ4n) is 1.79. The summed E-state index contributed by atoms with van der Waals surface area (Å²) in [4.78, 5) is 14.9. The fraction of sp³-hybridized carbons (Fsp3) is 0.417. The zero-order valence-electron chi connectivity index (χ0n) is 9.31. The third-order valence-electron chi connectivity index (χ3n) is 2.51. The number of rotatable bonds is 2. The lowest BCUT2D eigenvalue weighted by molar-refractivity contribution is -0.122. The second-order valence-corrected chi connectivity index (χ2v) is 4.78. The van der Waals surface area contributed by atoms with Crippen molar-refractivity contribution >= 4 is 23.4 Å². The highest BCUT2D eigenvalue weighted by Crippen LogP contribution is 2.33. The number of carbonyl (C=O) groups excluding carboxylic acids is 1. The van der Waals surface area contributed by atoms with E-state index < -0.39 is 0 Å². The summed E-state index contributed by atoms with van der Waals surface area (Å²) < 4.78 is 4.91. The van der Waals surface area contributed by atoms with Crippen LogP contribution in [0.5, 0.6) is 0 Å². The molecule has 4 heteroatoms. The minimum atomic E-state index is 0.0393. The number of hydrogen-bond acceptors (Lipinski definition) is 3. The number of ether oxygens (including phenoxy) is 1. The SMILES string of the molecule is COCC(=O)N1CCCSc2ccccc21. The first kappa shape index (κ1) is 11.5. The zero-order valence-corrected chi connectivity index (χ0v) is 10.1. The molecule has 1 heterocycles. The monoisotopic (exact) mass is 237 g/mol. The molecule has 0 aromatic heterocycles. The first-order valence-corrected chi connectivity index (χ1v) is 6.32. The minimum Gasteiger partial charge on any atom is -0.375 e. The van der Waals surface area contributed by atoms with Gasteiger partial charge in [0, 0.05) is 18.6 Å². The average molecular weight is 237 g/mol. The highest BCUT2D eigenvalue weighted by atomic mass is 32.2. The molecule has 0 spiro atoms. The Morgan fingerprint density at radius 1 is 1.50 bits per heavy atom. The van der Waals surface area contributed by atoms with Crippen LogP contribution in [-0.2, 0) is 9.53 Å². The second-order valence-electron chi connectivity index (χ2n) is 3.65. The molecule has 2 rings (SSSR count). The molecule has 1 aromatic carbocycles. The van der Waals surface area contributed by atoms with Gasteiger partial charge >= 0.3 is 0 Å². The first-order valence-electron chi connectivity index (χ1n) is 5.34. The van der Waals surface area contributed by atoms with Crippen molar-refractivity contribution in [2.24, 2.45) is 0 Å². The van der Waals surface area contributed by atoms with E-state index in [2.05, 4.69) is 6.07 Å². The molecular formula is C12H15NO2S. The predicted octanol–water partition coefficient (Wildman–Crippen LogP) is 2.16. The van der Waals surface area contributed by atoms with Crippen LogP contribution in [-0.4, -0.2) is 31.9 Å². The minimum absolute atomic E-state index is 0.0393. The first-order chi connectivity index (χ1) is 7.83. The number of para-hydroxylation sites is 1. The predicted molar refractivity (Wildman–Crippen MR) is 66.0 cm³/mol. The molecule has 0 saturated carbocycles.